The van der Waals surface area contributed by atoms with Gasteiger partial charge in [-0.2, -0.15) is 0 Å². The SMILES string of the molecule is CCNC(=NCc1ccc(Cl)cc1OC)NC1CCN(C(=O)OC)CC1. The number of nitrogens with one attached hydrogen (secondary N) is 2. The minimum Gasteiger partial charge on any atom is -0.496 e. The maximum Gasteiger partial charge on any atom is 0.409 e. The summed E-state index contributed by atoms with van der Waals surface area (Å²) in [5.41, 5.74) is 0.967. The lowest BCUT2D eigenvalue weighted by Gasteiger charge is -2.32. The Morgan fingerprint density at radius 1 is 1.35 bits per heavy atom. The molecule has 0 bridgehead atoms. The molecule has 7 nitrogen and oxygen atoms in total. The molecule has 2 N–H and O–H groups in total. The third kappa shape index (κ3) is 5.69. The van der Waals surface area contributed by atoms with Gasteiger partial charge in [-0.1, -0.05) is 17.7 Å². The van der Waals surface area contributed by atoms with Gasteiger partial charge in [-0.15, -0.1) is 0 Å². The summed E-state index contributed by atoms with van der Waals surface area (Å²) >= 11 is 6.00. The number of hydrogen-bond acceptors (Lipinski definition) is 4. The highest BCUT2D eigenvalue weighted by atomic mass is 35.5. The molecule has 1 aromatic rings. The number of hydrogen-bond donors (Lipinski definition) is 2. The highest BCUT2D eigenvalue weighted by Crippen LogP contribution is 2.23. The fourth-order valence-corrected chi connectivity index (χ4v) is 3.02. The molecule has 1 aromatic carbocycles. The van der Waals surface area contributed by atoms with Crippen LogP contribution < -0.4 is 15.4 Å². The van der Waals surface area contributed by atoms with E-state index in [1.165, 1.54) is 7.11 Å². The van der Waals surface area contributed by atoms with Crippen LogP contribution in [0.5, 0.6) is 5.75 Å². The van der Waals surface area contributed by atoms with Crippen molar-refractivity contribution in [3.63, 3.8) is 0 Å². The van der Waals surface area contributed by atoms with Crippen LogP contribution in [0.3, 0.4) is 0 Å². The van der Waals surface area contributed by atoms with E-state index in [1.807, 2.05) is 19.1 Å². The molecule has 0 saturated carbocycles. The van der Waals surface area contributed by atoms with Gasteiger partial charge in [0.15, 0.2) is 5.96 Å². The van der Waals surface area contributed by atoms with Crippen LogP contribution >= 0.6 is 11.6 Å². The van der Waals surface area contributed by atoms with Gasteiger partial charge >= 0.3 is 6.09 Å². The summed E-state index contributed by atoms with van der Waals surface area (Å²) in [5.74, 6) is 1.48. The van der Waals surface area contributed by atoms with Crippen LogP contribution in [-0.2, 0) is 11.3 Å². The second-order valence-electron chi connectivity index (χ2n) is 6.03. The van der Waals surface area contributed by atoms with E-state index in [4.69, 9.17) is 21.1 Å². The minimum atomic E-state index is -0.265. The first-order valence-corrected chi connectivity index (χ1v) is 9.15. The first-order valence-electron chi connectivity index (χ1n) is 8.77. The van der Waals surface area contributed by atoms with Crippen LogP contribution in [0.25, 0.3) is 0 Å². The molecule has 0 aliphatic carbocycles. The number of halogens is 1. The molecule has 1 saturated heterocycles. The number of ether oxygens (including phenoxy) is 2. The van der Waals surface area contributed by atoms with Gasteiger partial charge in [0.05, 0.1) is 20.8 Å². The van der Waals surface area contributed by atoms with Crippen LogP contribution in [0.2, 0.25) is 5.02 Å². The number of likely N-dealkylation sites (tertiary alicyclic amines) is 1. The summed E-state index contributed by atoms with van der Waals surface area (Å²) in [6.45, 7) is 4.63. The van der Waals surface area contributed by atoms with Gasteiger partial charge in [0, 0.05) is 36.3 Å². The number of carbonyl (C=O) groups excluding carboxylic acids is 1. The molecule has 144 valence electrons. The maximum absolute atomic E-state index is 11.6. The number of methoxy groups -OCH3 is 2. The zero-order valence-electron chi connectivity index (χ0n) is 15.5. The molecular formula is C18H27ClN4O3. The molecule has 1 heterocycles. The van der Waals surface area contributed by atoms with E-state index < -0.39 is 0 Å². The van der Waals surface area contributed by atoms with Crippen molar-refractivity contribution in [1.29, 1.82) is 0 Å². The highest BCUT2D eigenvalue weighted by Gasteiger charge is 2.23. The van der Waals surface area contributed by atoms with Gasteiger partial charge in [0.2, 0.25) is 0 Å². The number of nitrogens with zero attached hydrogens (tertiary/aromatic N) is 2. The van der Waals surface area contributed by atoms with Crippen molar-refractivity contribution in [2.75, 3.05) is 33.9 Å². The Kier molecular flexibility index (Phi) is 7.84. The molecule has 0 aromatic heterocycles. The molecule has 0 atom stereocenters. The predicted octanol–water partition coefficient (Wildman–Crippen LogP) is 2.63. The van der Waals surface area contributed by atoms with Gasteiger partial charge in [-0.25, -0.2) is 9.79 Å². The Morgan fingerprint density at radius 3 is 2.69 bits per heavy atom. The molecule has 0 unspecified atom stereocenters. The maximum atomic E-state index is 11.6. The van der Waals surface area contributed by atoms with Crippen molar-refractivity contribution in [2.45, 2.75) is 32.4 Å². The average molecular weight is 383 g/mol. The Balaban J connectivity index is 1.96. The Bertz CT molecular complexity index is 631. The summed E-state index contributed by atoms with van der Waals surface area (Å²) in [5, 5.41) is 7.34. The first kappa shape index (κ1) is 20.2. The van der Waals surface area contributed by atoms with Crippen molar-refractivity contribution in [1.82, 2.24) is 15.5 Å². The Hall–Kier alpha value is -2.15. The van der Waals surface area contributed by atoms with Crippen LogP contribution in [0.1, 0.15) is 25.3 Å². The fraction of sp³-hybridized carbons (Fsp3) is 0.556. The van der Waals surface area contributed by atoms with Crippen LogP contribution in [0.15, 0.2) is 23.2 Å². The molecule has 1 aliphatic rings. The van der Waals surface area contributed by atoms with E-state index in [2.05, 4.69) is 15.6 Å². The molecule has 1 aliphatic heterocycles. The van der Waals surface area contributed by atoms with E-state index in [1.54, 1.807) is 18.1 Å². The number of aliphatic imine (C=N–C) groups is 1. The molecule has 1 amide bonds. The third-order valence-electron chi connectivity index (χ3n) is 4.27. The molecule has 0 radical (unpaired) electrons. The van der Waals surface area contributed by atoms with E-state index in [0.717, 1.165) is 36.7 Å². The molecule has 1 fully saturated rings. The fourth-order valence-electron chi connectivity index (χ4n) is 2.86. The van der Waals surface area contributed by atoms with Crippen LogP contribution in [0, 0.1) is 0 Å². The van der Waals surface area contributed by atoms with Crippen LogP contribution in [-0.4, -0.2) is 56.8 Å². The van der Waals surface area contributed by atoms with E-state index in [0.29, 0.717) is 24.7 Å². The van der Waals surface area contributed by atoms with Crippen molar-refractivity contribution >= 4 is 23.7 Å². The number of amides is 1. The monoisotopic (exact) mass is 382 g/mol. The van der Waals surface area contributed by atoms with Gasteiger partial charge in [0.1, 0.15) is 5.75 Å². The number of rotatable bonds is 5. The second-order valence-corrected chi connectivity index (χ2v) is 6.46. The number of carbonyl (C=O) groups is 1. The number of benzene rings is 1. The van der Waals surface area contributed by atoms with E-state index in [9.17, 15) is 4.79 Å². The third-order valence-corrected chi connectivity index (χ3v) is 4.50. The topological polar surface area (TPSA) is 75.2 Å². The quantitative estimate of drug-likeness (QED) is 0.604. The molecule has 8 heteroatoms. The van der Waals surface area contributed by atoms with E-state index >= 15 is 0 Å². The molecule has 2 rings (SSSR count). The number of piperidine rings is 1. The highest BCUT2D eigenvalue weighted by molar-refractivity contribution is 6.30. The minimum absolute atomic E-state index is 0.265. The number of guanidine groups is 1. The van der Waals surface area contributed by atoms with Gasteiger partial charge in [-0.05, 0) is 31.9 Å². The molecule has 26 heavy (non-hydrogen) atoms. The summed E-state index contributed by atoms with van der Waals surface area (Å²) < 4.78 is 10.1. The lowest BCUT2D eigenvalue weighted by atomic mass is 10.1. The van der Waals surface area contributed by atoms with Crippen molar-refractivity contribution in [2.24, 2.45) is 4.99 Å². The lowest BCUT2D eigenvalue weighted by molar-refractivity contribution is 0.111. The Labute approximate surface area is 159 Å². The summed E-state index contributed by atoms with van der Waals surface area (Å²) in [6.07, 6.45) is 1.44. The van der Waals surface area contributed by atoms with Crippen molar-refractivity contribution < 1.29 is 14.3 Å². The van der Waals surface area contributed by atoms with Gasteiger partial charge < -0.3 is 25.0 Å². The Morgan fingerprint density at radius 2 is 2.08 bits per heavy atom. The zero-order valence-corrected chi connectivity index (χ0v) is 16.3. The first-order chi connectivity index (χ1) is 12.6. The zero-order chi connectivity index (χ0) is 18.9. The molecule has 0 spiro atoms. The van der Waals surface area contributed by atoms with Gasteiger partial charge in [-0.3, -0.25) is 0 Å². The van der Waals surface area contributed by atoms with E-state index in [-0.39, 0.29) is 12.1 Å². The largest absolute Gasteiger partial charge is 0.496 e. The smallest absolute Gasteiger partial charge is 0.409 e. The normalized spacial score (nSPS) is 15.5. The second kappa shape index (κ2) is 10.1. The van der Waals surface area contributed by atoms with Gasteiger partial charge in [0.25, 0.3) is 0 Å². The van der Waals surface area contributed by atoms with Crippen molar-refractivity contribution in [3.05, 3.63) is 28.8 Å². The standard InChI is InChI=1S/C18H27ClN4O3/c1-4-20-17(21-12-13-5-6-14(19)11-16(13)25-2)22-15-7-9-23(10-8-15)18(24)26-3/h5-6,11,15H,4,7-10,12H2,1-3H3,(H2,20,21,22). The average Bonchev–Trinajstić information content (AvgIpc) is 2.66. The lowest BCUT2D eigenvalue weighted by Crippen LogP contribution is -2.49. The summed E-state index contributed by atoms with van der Waals surface area (Å²) in [7, 11) is 3.03. The summed E-state index contributed by atoms with van der Waals surface area (Å²) in [4.78, 5) is 17.9. The predicted molar refractivity (Wildman–Crippen MR) is 103 cm³/mol. The van der Waals surface area contributed by atoms with Crippen molar-refractivity contribution in [3.8, 4) is 5.75 Å². The molecular weight excluding hydrogens is 356 g/mol. The van der Waals surface area contributed by atoms with Crippen LogP contribution in [0.4, 0.5) is 4.79 Å². The summed E-state index contributed by atoms with van der Waals surface area (Å²) in [6, 6.07) is 5.80.